The SMILES string of the molecule is CSCCC(NC(=O)C(CS)NC(=O)C(Cc1ccc(O)cc1)NC(=O)C(N)CC(N)=O)C(=O)O. The van der Waals surface area contributed by atoms with E-state index >= 15 is 0 Å². The Morgan fingerprint density at radius 1 is 0.971 bits per heavy atom. The maximum atomic E-state index is 13.0. The summed E-state index contributed by atoms with van der Waals surface area (Å²) in [5.74, 6) is -3.97. The third kappa shape index (κ3) is 10.9. The third-order valence-electron chi connectivity index (χ3n) is 4.81. The summed E-state index contributed by atoms with van der Waals surface area (Å²) in [5.41, 5.74) is 11.3. The first kappa shape index (κ1) is 30.1. The van der Waals surface area contributed by atoms with Crippen LogP contribution in [0.3, 0.4) is 0 Å². The molecular weight excluding hydrogens is 498 g/mol. The van der Waals surface area contributed by atoms with Crippen molar-refractivity contribution in [2.75, 3.05) is 17.8 Å². The minimum Gasteiger partial charge on any atom is -0.508 e. The predicted octanol–water partition coefficient (Wildman–Crippen LogP) is -1.64. The van der Waals surface area contributed by atoms with Gasteiger partial charge in [-0.05, 0) is 36.1 Å². The van der Waals surface area contributed by atoms with Crippen molar-refractivity contribution in [3.8, 4) is 5.75 Å². The molecule has 194 valence electrons. The standard InChI is InChI=1S/C21H31N5O7S2/c1-35-7-6-14(21(32)33)24-20(31)16(10-34)26-19(30)15(8-11-2-4-12(27)5-3-11)25-18(29)13(22)9-17(23)28/h2-5,13-16,27,34H,6-10,22H2,1H3,(H2,23,28)(H,24,31)(H,25,29)(H,26,30)(H,32,33). The van der Waals surface area contributed by atoms with Crippen LogP contribution in [0.2, 0.25) is 0 Å². The number of carbonyl (C=O) groups excluding carboxylic acids is 4. The summed E-state index contributed by atoms with van der Waals surface area (Å²) in [5, 5.41) is 26.1. The Hall–Kier alpha value is -2.97. The predicted molar refractivity (Wildman–Crippen MR) is 134 cm³/mol. The number of primary amides is 1. The number of nitrogens with one attached hydrogen (secondary N) is 3. The maximum absolute atomic E-state index is 13.0. The minimum atomic E-state index is -1.29. The van der Waals surface area contributed by atoms with Gasteiger partial charge in [-0.1, -0.05) is 12.1 Å². The lowest BCUT2D eigenvalue weighted by Gasteiger charge is -2.24. The molecule has 0 spiro atoms. The number of hydrogen-bond donors (Lipinski definition) is 8. The molecule has 0 heterocycles. The van der Waals surface area contributed by atoms with Crippen molar-refractivity contribution in [1.82, 2.24) is 16.0 Å². The molecule has 1 aromatic carbocycles. The van der Waals surface area contributed by atoms with Crippen molar-refractivity contribution in [3.05, 3.63) is 29.8 Å². The first-order chi connectivity index (χ1) is 16.5. The molecule has 0 saturated carbocycles. The Bertz CT molecular complexity index is 901. The second-order valence-electron chi connectivity index (χ2n) is 7.63. The van der Waals surface area contributed by atoms with E-state index in [1.165, 1.54) is 36.0 Å². The highest BCUT2D eigenvalue weighted by atomic mass is 32.2. The minimum absolute atomic E-state index is 0.00327. The second kappa shape index (κ2) is 15.1. The molecule has 0 saturated heterocycles. The van der Waals surface area contributed by atoms with Crippen LogP contribution in [0.1, 0.15) is 18.4 Å². The van der Waals surface area contributed by atoms with Gasteiger partial charge in [0.05, 0.1) is 12.5 Å². The Kier molecular flexibility index (Phi) is 13.0. The van der Waals surface area contributed by atoms with E-state index < -0.39 is 60.2 Å². The number of thioether (sulfide) groups is 1. The van der Waals surface area contributed by atoms with Crippen LogP contribution in [-0.2, 0) is 30.4 Å². The van der Waals surface area contributed by atoms with Gasteiger partial charge in [-0.15, -0.1) is 0 Å². The molecule has 12 nitrogen and oxygen atoms in total. The summed E-state index contributed by atoms with van der Waals surface area (Å²) in [6.07, 6.45) is 1.52. The molecule has 0 fully saturated rings. The largest absolute Gasteiger partial charge is 0.508 e. The molecule has 35 heavy (non-hydrogen) atoms. The van der Waals surface area contributed by atoms with Gasteiger partial charge in [-0.3, -0.25) is 19.2 Å². The lowest BCUT2D eigenvalue weighted by atomic mass is 10.0. The van der Waals surface area contributed by atoms with Crippen LogP contribution < -0.4 is 27.4 Å². The summed E-state index contributed by atoms with van der Waals surface area (Å²) in [6.45, 7) is 0. The average Bonchev–Trinajstić information content (AvgIpc) is 2.79. The van der Waals surface area contributed by atoms with Crippen molar-refractivity contribution in [3.63, 3.8) is 0 Å². The number of benzene rings is 1. The van der Waals surface area contributed by atoms with Crippen molar-refractivity contribution < 1.29 is 34.2 Å². The van der Waals surface area contributed by atoms with Crippen LogP contribution >= 0.6 is 24.4 Å². The van der Waals surface area contributed by atoms with E-state index in [-0.39, 0.29) is 24.3 Å². The zero-order valence-electron chi connectivity index (χ0n) is 19.1. The quantitative estimate of drug-likeness (QED) is 0.122. The number of nitrogens with two attached hydrogens (primary N) is 2. The van der Waals surface area contributed by atoms with Crippen molar-refractivity contribution in [2.24, 2.45) is 11.5 Å². The van der Waals surface area contributed by atoms with E-state index in [9.17, 15) is 34.2 Å². The first-order valence-electron chi connectivity index (χ1n) is 10.5. The van der Waals surface area contributed by atoms with Gasteiger partial charge < -0.3 is 37.6 Å². The summed E-state index contributed by atoms with van der Waals surface area (Å²) in [4.78, 5) is 60.6. The van der Waals surface area contributed by atoms with Gasteiger partial charge >= 0.3 is 5.97 Å². The molecule has 0 aromatic heterocycles. The highest BCUT2D eigenvalue weighted by Gasteiger charge is 2.30. The average molecular weight is 530 g/mol. The van der Waals surface area contributed by atoms with Crippen LogP contribution in [-0.4, -0.2) is 81.7 Å². The number of carboxylic acid groups (broad SMARTS) is 1. The van der Waals surface area contributed by atoms with Crippen LogP contribution in [0.5, 0.6) is 5.75 Å². The van der Waals surface area contributed by atoms with Crippen molar-refractivity contribution in [2.45, 2.75) is 43.4 Å². The van der Waals surface area contributed by atoms with E-state index in [0.717, 1.165) is 0 Å². The van der Waals surface area contributed by atoms with E-state index in [1.807, 2.05) is 0 Å². The summed E-state index contributed by atoms with van der Waals surface area (Å²) in [6, 6.07) is 1.03. The number of carbonyl (C=O) groups is 5. The molecule has 4 amide bonds. The van der Waals surface area contributed by atoms with Gasteiger partial charge in [0.1, 0.15) is 23.9 Å². The number of hydrogen-bond acceptors (Lipinski definition) is 9. The topological polar surface area (TPSA) is 214 Å². The molecule has 0 aliphatic heterocycles. The van der Waals surface area contributed by atoms with Gasteiger partial charge in [0.15, 0.2) is 0 Å². The smallest absolute Gasteiger partial charge is 0.326 e. The van der Waals surface area contributed by atoms with Crippen LogP contribution in [0.4, 0.5) is 0 Å². The van der Waals surface area contributed by atoms with Crippen molar-refractivity contribution in [1.29, 1.82) is 0 Å². The van der Waals surface area contributed by atoms with Crippen LogP contribution in [0.15, 0.2) is 24.3 Å². The fourth-order valence-corrected chi connectivity index (χ4v) is 3.63. The monoisotopic (exact) mass is 529 g/mol. The highest BCUT2D eigenvalue weighted by molar-refractivity contribution is 7.98. The molecule has 1 rings (SSSR count). The fourth-order valence-electron chi connectivity index (χ4n) is 2.90. The zero-order chi connectivity index (χ0) is 26.5. The summed E-state index contributed by atoms with van der Waals surface area (Å²) in [7, 11) is 0. The molecule has 0 radical (unpaired) electrons. The van der Waals surface area contributed by atoms with E-state index in [4.69, 9.17) is 11.5 Å². The van der Waals surface area contributed by atoms with Gasteiger partial charge in [0.25, 0.3) is 0 Å². The molecule has 9 N–H and O–H groups in total. The number of carboxylic acids is 1. The Balaban J connectivity index is 3.00. The Morgan fingerprint density at radius 3 is 2.03 bits per heavy atom. The molecule has 0 aliphatic rings. The molecular formula is C21H31N5O7S2. The molecule has 4 atom stereocenters. The summed E-state index contributed by atoms with van der Waals surface area (Å²) >= 11 is 5.50. The highest BCUT2D eigenvalue weighted by Crippen LogP contribution is 2.12. The third-order valence-corrected chi connectivity index (χ3v) is 5.82. The number of aliphatic carboxylic acids is 1. The Morgan fingerprint density at radius 2 is 1.51 bits per heavy atom. The molecule has 1 aromatic rings. The summed E-state index contributed by atoms with van der Waals surface area (Å²) < 4.78 is 0. The lowest BCUT2D eigenvalue weighted by molar-refractivity contribution is -0.142. The number of phenolic OH excluding ortho intramolecular Hbond substituents is 1. The van der Waals surface area contributed by atoms with Gasteiger partial charge in [0.2, 0.25) is 23.6 Å². The zero-order valence-corrected chi connectivity index (χ0v) is 20.8. The number of rotatable bonds is 15. The van der Waals surface area contributed by atoms with Crippen molar-refractivity contribution >= 4 is 54.0 Å². The lowest BCUT2D eigenvalue weighted by Crippen LogP contribution is -2.58. The molecule has 14 heteroatoms. The fraction of sp³-hybridized carbons (Fsp3) is 0.476. The van der Waals surface area contributed by atoms with Gasteiger partial charge in [-0.2, -0.15) is 24.4 Å². The number of thiol groups is 1. The first-order valence-corrected chi connectivity index (χ1v) is 12.6. The number of aromatic hydroxyl groups is 1. The van der Waals surface area contributed by atoms with E-state index in [2.05, 4.69) is 28.6 Å². The number of amides is 4. The van der Waals surface area contributed by atoms with Crippen LogP contribution in [0.25, 0.3) is 0 Å². The van der Waals surface area contributed by atoms with E-state index in [0.29, 0.717) is 11.3 Å². The van der Waals surface area contributed by atoms with Crippen LogP contribution in [0, 0.1) is 0 Å². The molecule has 0 aliphatic carbocycles. The second-order valence-corrected chi connectivity index (χ2v) is 8.98. The van der Waals surface area contributed by atoms with E-state index in [1.54, 1.807) is 6.26 Å². The molecule has 4 unspecified atom stereocenters. The number of phenols is 1. The van der Waals surface area contributed by atoms with Gasteiger partial charge in [-0.25, -0.2) is 4.79 Å². The molecule has 0 bridgehead atoms. The Labute approximate surface area is 212 Å². The van der Waals surface area contributed by atoms with Gasteiger partial charge in [0, 0.05) is 12.2 Å². The maximum Gasteiger partial charge on any atom is 0.326 e. The normalized spacial score (nSPS) is 14.1.